The average Bonchev–Trinajstić information content (AvgIpc) is 3.60. The van der Waals surface area contributed by atoms with Crippen LogP contribution in [0.15, 0.2) is 31.0 Å². The number of nitrogens with one attached hydrogen (secondary N) is 2. The summed E-state index contributed by atoms with van der Waals surface area (Å²) in [5.74, 6) is 0. The van der Waals surface area contributed by atoms with Crippen molar-refractivity contribution in [3.05, 3.63) is 31.0 Å². The van der Waals surface area contributed by atoms with Crippen molar-refractivity contribution in [3.63, 3.8) is 0 Å². The van der Waals surface area contributed by atoms with Gasteiger partial charge in [0.25, 0.3) is 0 Å². The van der Waals surface area contributed by atoms with Crippen LogP contribution in [-0.2, 0) is 5.54 Å². The number of aromatic amines is 1. The molecule has 5 rings (SSSR count). The Morgan fingerprint density at radius 3 is 2.94 bits per heavy atom. The number of nitrogens with zero attached hydrogens (tertiary/aromatic N) is 7. The van der Waals surface area contributed by atoms with E-state index in [9.17, 15) is 10.1 Å². The second-order valence-corrected chi connectivity index (χ2v) is 9.31. The van der Waals surface area contributed by atoms with Gasteiger partial charge in [-0.3, -0.25) is 4.68 Å². The van der Waals surface area contributed by atoms with E-state index in [1.165, 1.54) is 0 Å². The molecule has 1 saturated carbocycles. The molecule has 1 aliphatic heterocycles. The first-order valence-corrected chi connectivity index (χ1v) is 12.1. The number of likely N-dealkylation sites (N-methyl/N-ethyl adjacent to an activating group) is 1. The second-order valence-electron chi connectivity index (χ2n) is 9.31. The van der Waals surface area contributed by atoms with Gasteiger partial charge in [-0.05, 0) is 38.7 Å². The molecule has 10 nitrogen and oxygen atoms in total. The summed E-state index contributed by atoms with van der Waals surface area (Å²) in [6.45, 7) is 5.94. The maximum atomic E-state index is 12.7. The van der Waals surface area contributed by atoms with Crippen molar-refractivity contribution in [3.8, 4) is 17.3 Å². The van der Waals surface area contributed by atoms with Gasteiger partial charge in [0, 0.05) is 62.1 Å². The molecule has 10 heteroatoms. The Hall–Kier alpha value is -3.45. The molecule has 0 bridgehead atoms. The summed E-state index contributed by atoms with van der Waals surface area (Å²) >= 11 is 0. The van der Waals surface area contributed by atoms with E-state index in [2.05, 4.69) is 31.4 Å². The van der Waals surface area contributed by atoms with Crippen LogP contribution in [0.1, 0.15) is 39.0 Å². The fourth-order valence-electron chi connectivity index (χ4n) is 5.27. The van der Waals surface area contributed by atoms with Crippen molar-refractivity contribution in [2.75, 3.05) is 32.7 Å². The van der Waals surface area contributed by atoms with Gasteiger partial charge >= 0.3 is 6.03 Å². The normalized spacial score (nSPS) is 22.0. The van der Waals surface area contributed by atoms with Gasteiger partial charge in [0.2, 0.25) is 0 Å². The SMILES string of the molecule is CCN(CCN[C@H]1C[C@@](CC#N)(n2cc(-c3ncnc4[nH]ccc34)cn2)C1)C(=O)N1CCCC1. The lowest BCUT2D eigenvalue weighted by atomic mass is 9.70. The molecular formula is C24H31N9O. The number of amides is 2. The molecule has 0 spiro atoms. The molecular weight excluding hydrogens is 430 g/mol. The van der Waals surface area contributed by atoms with E-state index in [4.69, 9.17) is 0 Å². The molecule has 3 aromatic rings. The van der Waals surface area contributed by atoms with Crippen LogP contribution in [0.5, 0.6) is 0 Å². The Morgan fingerprint density at radius 2 is 2.18 bits per heavy atom. The summed E-state index contributed by atoms with van der Waals surface area (Å²) in [4.78, 5) is 28.4. The van der Waals surface area contributed by atoms with E-state index in [-0.39, 0.29) is 11.6 Å². The maximum Gasteiger partial charge on any atom is 0.320 e. The Bertz CT molecular complexity index is 1180. The molecule has 0 unspecified atom stereocenters. The number of H-pyrrole nitrogens is 1. The zero-order valence-electron chi connectivity index (χ0n) is 19.6. The van der Waals surface area contributed by atoms with E-state index < -0.39 is 0 Å². The van der Waals surface area contributed by atoms with Crippen molar-refractivity contribution in [2.45, 2.75) is 50.6 Å². The molecule has 3 aromatic heterocycles. The van der Waals surface area contributed by atoms with E-state index in [0.29, 0.717) is 25.6 Å². The Labute approximate surface area is 199 Å². The summed E-state index contributed by atoms with van der Waals surface area (Å²) in [7, 11) is 0. The van der Waals surface area contributed by atoms with Crippen molar-refractivity contribution in [2.24, 2.45) is 0 Å². The molecule has 178 valence electrons. The van der Waals surface area contributed by atoms with Gasteiger partial charge in [-0.2, -0.15) is 10.4 Å². The van der Waals surface area contributed by atoms with E-state index in [1.54, 1.807) is 6.33 Å². The Kier molecular flexibility index (Phi) is 6.20. The average molecular weight is 462 g/mol. The molecule has 2 fully saturated rings. The van der Waals surface area contributed by atoms with Crippen molar-refractivity contribution in [1.82, 2.24) is 39.8 Å². The van der Waals surface area contributed by atoms with Crippen molar-refractivity contribution < 1.29 is 4.79 Å². The first-order chi connectivity index (χ1) is 16.6. The predicted octanol–water partition coefficient (Wildman–Crippen LogP) is 2.72. The first-order valence-electron chi connectivity index (χ1n) is 12.1. The number of fused-ring (bicyclic) bond motifs is 1. The van der Waals surface area contributed by atoms with Crippen LogP contribution in [0.4, 0.5) is 4.79 Å². The monoisotopic (exact) mass is 461 g/mol. The lowest BCUT2D eigenvalue weighted by molar-refractivity contribution is 0.0809. The van der Waals surface area contributed by atoms with Gasteiger partial charge in [-0.15, -0.1) is 0 Å². The highest BCUT2D eigenvalue weighted by atomic mass is 16.2. The number of carbonyl (C=O) groups is 1. The largest absolute Gasteiger partial charge is 0.346 e. The van der Waals surface area contributed by atoms with Gasteiger partial charge in [0.1, 0.15) is 12.0 Å². The Morgan fingerprint density at radius 1 is 1.35 bits per heavy atom. The van der Waals surface area contributed by atoms with Gasteiger partial charge in [-0.1, -0.05) is 0 Å². The highest BCUT2D eigenvalue weighted by Gasteiger charge is 2.46. The van der Waals surface area contributed by atoms with E-state index in [0.717, 1.165) is 67.6 Å². The molecule has 2 N–H and O–H groups in total. The summed E-state index contributed by atoms with van der Waals surface area (Å²) in [6.07, 6.45) is 11.5. The zero-order valence-corrected chi connectivity index (χ0v) is 19.6. The van der Waals surface area contributed by atoms with E-state index >= 15 is 0 Å². The van der Waals surface area contributed by atoms with Crippen LogP contribution >= 0.6 is 0 Å². The minimum Gasteiger partial charge on any atom is -0.346 e. The number of hydrogen-bond donors (Lipinski definition) is 2. The number of hydrogen-bond acceptors (Lipinski definition) is 6. The summed E-state index contributed by atoms with van der Waals surface area (Å²) < 4.78 is 1.94. The molecule has 34 heavy (non-hydrogen) atoms. The molecule has 0 radical (unpaired) electrons. The summed E-state index contributed by atoms with van der Waals surface area (Å²) in [6, 6.07) is 4.77. The quantitative estimate of drug-likeness (QED) is 0.532. The molecule has 0 atom stereocenters. The van der Waals surface area contributed by atoms with Gasteiger partial charge in [-0.25, -0.2) is 14.8 Å². The number of nitriles is 1. The fourth-order valence-corrected chi connectivity index (χ4v) is 5.27. The highest BCUT2D eigenvalue weighted by molar-refractivity contribution is 5.90. The Balaban J connectivity index is 1.20. The first kappa shape index (κ1) is 22.3. The second kappa shape index (κ2) is 9.43. The topological polar surface area (TPSA) is 119 Å². The number of urea groups is 1. The van der Waals surface area contributed by atoms with Crippen LogP contribution in [0.25, 0.3) is 22.3 Å². The highest BCUT2D eigenvalue weighted by Crippen LogP contribution is 2.42. The smallest absolute Gasteiger partial charge is 0.320 e. The maximum absolute atomic E-state index is 12.7. The molecule has 2 aliphatic rings. The molecule has 2 amide bonds. The van der Waals surface area contributed by atoms with Gasteiger partial charge < -0.3 is 20.1 Å². The van der Waals surface area contributed by atoms with Gasteiger partial charge in [0.15, 0.2) is 0 Å². The molecule has 1 saturated heterocycles. The van der Waals surface area contributed by atoms with Crippen molar-refractivity contribution in [1.29, 1.82) is 5.26 Å². The lowest BCUT2D eigenvalue weighted by Crippen LogP contribution is -2.56. The molecule has 1 aliphatic carbocycles. The minimum atomic E-state index is -0.315. The standard InChI is InChI=1S/C24H31N9O/c1-2-31(23(34)32-10-3-4-11-32)12-9-26-19-13-24(14-19,6-7-25)33-16-18(15-30-33)21-20-5-8-27-22(20)29-17-28-21/h5,8,15-17,19,26H,2-4,6,9-14H2,1H3,(H,27,28,29)/t19-,24+. The number of aromatic nitrogens is 5. The number of likely N-dealkylation sites (tertiary alicyclic amines) is 1. The van der Waals surface area contributed by atoms with Crippen LogP contribution in [0.3, 0.4) is 0 Å². The summed E-state index contributed by atoms with van der Waals surface area (Å²) in [5.41, 5.74) is 2.23. The minimum absolute atomic E-state index is 0.152. The van der Waals surface area contributed by atoms with Crippen LogP contribution in [-0.4, -0.2) is 79.3 Å². The fraction of sp³-hybridized carbons (Fsp3) is 0.542. The van der Waals surface area contributed by atoms with Gasteiger partial charge in [0.05, 0.1) is 29.9 Å². The van der Waals surface area contributed by atoms with Crippen LogP contribution < -0.4 is 5.32 Å². The van der Waals surface area contributed by atoms with Crippen molar-refractivity contribution >= 4 is 17.1 Å². The third-order valence-electron chi connectivity index (χ3n) is 7.20. The number of rotatable bonds is 8. The van der Waals surface area contributed by atoms with E-state index in [1.807, 2.05) is 46.1 Å². The van der Waals surface area contributed by atoms with Crippen LogP contribution in [0, 0.1) is 11.3 Å². The third kappa shape index (κ3) is 4.12. The lowest BCUT2D eigenvalue weighted by Gasteiger charge is -2.47. The zero-order chi connectivity index (χ0) is 23.5. The molecule has 0 aromatic carbocycles. The molecule has 4 heterocycles. The number of carbonyl (C=O) groups excluding carboxylic acids is 1. The predicted molar refractivity (Wildman–Crippen MR) is 128 cm³/mol. The third-order valence-corrected chi connectivity index (χ3v) is 7.20. The van der Waals surface area contributed by atoms with Crippen LogP contribution in [0.2, 0.25) is 0 Å². The summed E-state index contributed by atoms with van der Waals surface area (Å²) in [5, 5.41) is 18.7.